The Labute approximate surface area is 125 Å². The Hall–Kier alpha value is -1.21. The normalized spacial score (nSPS) is 26.1. The van der Waals surface area contributed by atoms with Crippen LogP contribution in [0.5, 0.6) is 0 Å². The predicted molar refractivity (Wildman–Crippen MR) is 77.9 cm³/mol. The van der Waals surface area contributed by atoms with Gasteiger partial charge >= 0.3 is 0 Å². The molecule has 1 aromatic rings. The second-order valence-electron chi connectivity index (χ2n) is 5.21. The van der Waals surface area contributed by atoms with Crippen LogP contribution in [0, 0.1) is 10.1 Å². The monoisotopic (exact) mass is 341 g/mol. The van der Waals surface area contributed by atoms with E-state index in [1.54, 1.807) is 0 Å². The lowest BCUT2D eigenvalue weighted by Gasteiger charge is -2.44. The number of fused-ring (bicyclic) bond motifs is 1. The Morgan fingerprint density at radius 2 is 2.25 bits per heavy atom. The molecule has 20 heavy (non-hydrogen) atoms. The summed E-state index contributed by atoms with van der Waals surface area (Å²) in [5.74, 6) is 0.788. The van der Waals surface area contributed by atoms with E-state index in [0.717, 1.165) is 25.2 Å². The van der Waals surface area contributed by atoms with Crippen molar-refractivity contribution in [3.63, 3.8) is 0 Å². The SMILES string of the molecule is O=[N+]([O-])c1cnc(N2CCO[C@H]3CCCC[C@@H]32)c(Br)c1. The molecule has 3 rings (SSSR count). The van der Waals surface area contributed by atoms with Crippen molar-refractivity contribution in [3.8, 4) is 0 Å². The molecule has 0 radical (unpaired) electrons. The van der Waals surface area contributed by atoms with Gasteiger partial charge in [0.2, 0.25) is 0 Å². The van der Waals surface area contributed by atoms with E-state index in [0.29, 0.717) is 17.1 Å². The van der Waals surface area contributed by atoms with Gasteiger partial charge in [-0.1, -0.05) is 12.8 Å². The molecule has 1 saturated carbocycles. The lowest BCUT2D eigenvalue weighted by Crippen LogP contribution is -2.53. The van der Waals surface area contributed by atoms with Crippen LogP contribution in [-0.4, -0.2) is 35.2 Å². The number of morpholine rings is 1. The first-order chi connectivity index (χ1) is 9.66. The van der Waals surface area contributed by atoms with E-state index in [4.69, 9.17) is 4.74 Å². The Morgan fingerprint density at radius 1 is 1.45 bits per heavy atom. The van der Waals surface area contributed by atoms with Gasteiger partial charge < -0.3 is 9.64 Å². The summed E-state index contributed by atoms with van der Waals surface area (Å²) in [4.78, 5) is 16.9. The van der Waals surface area contributed by atoms with Crippen molar-refractivity contribution in [2.75, 3.05) is 18.1 Å². The molecular weight excluding hydrogens is 326 g/mol. The maximum Gasteiger partial charge on any atom is 0.288 e. The number of pyridine rings is 1. The van der Waals surface area contributed by atoms with E-state index in [1.807, 2.05) is 0 Å². The minimum Gasteiger partial charge on any atom is -0.374 e. The van der Waals surface area contributed by atoms with Gasteiger partial charge in [0.25, 0.3) is 5.69 Å². The fourth-order valence-corrected chi connectivity index (χ4v) is 3.66. The highest BCUT2D eigenvalue weighted by Crippen LogP contribution is 2.35. The van der Waals surface area contributed by atoms with Gasteiger partial charge in [0.05, 0.1) is 28.1 Å². The minimum atomic E-state index is -0.426. The van der Waals surface area contributed by atoms with E-state index in [2.05, 4.69) is 25.8 Å². The van der Waals surface area contributed by atoms with Crippen molar-refractivity contribution in [3.05, 3.63) is 26.9 Å². The van der Waals surface area contributed by atoms with Gasteiger partial charge in [-0.15, -0.1) is 0 Å². The molecule has 2 fully saturated rings. The predicted octanol–water partition coefficient (Wildman–Crippen LogP) is 2.90. The summed E-state index contributed by atoms with van der Waals surface area (Å²) in [6.07, 6.45) is 6.19. The average Bonchev–Trinajstić information content (AvgIpc) is 2.46. The second-order valence-corrected chi connectivity index (χ2v) is 6.06. The second kappa shape index (κ2) is 5.65. The largest absolute Gasteiger partial charge is 0.374 e. The van der Waals surface area contributed by atoms with Crippen molar-refractivity contribution in [2.45, 2.75) is 37.8 Å². The zero-order valence-electron chi connectivity index (χ0n) is 11.0. The number of halogens is 1. The fraction of sp³-hybridized carbons (Fsp3) is 0.615. The van der Waals surface area contributed by atoms with Crippen LogP contribution in [-0.2, 0) is 4.74 Å². The summed E-state index contributed by atoms with van der Waals surface area (Å²) >= 11 is 3.42. The minimum absolute atomic E-state index is 0.00841. The van der Waals surface area contributed by atoms with Crippen molar-refractivity contribution < 1.29 is 9.66 Å². The van der Waals surface area contributed by atoms with Gasteiger partial charge in [0, 0.05) is 12.6 Å². The van der Waals surface area contributed by atoms with E-state index >= 15 is 0 Å². The average molecular weight is 342 g/mol. The maximum absolute atomic E-state index is 10.8. The number of anilines is 1. The molecule has 0 N–H and O–H groups in total. The van der Waals surface area contributed by atoms with Crippen LogP contribution < -0.4 is 4.90 Å². The number of nitro groups is 1. The molecule has 6 nitrogen and oxygen atoms in total. The molecule has 1 aliphatic carbocycles. The molecule has 0 unspecified atom stereocenters. The summed E-state index contributed by atoms with van der Waals surface area (Å²) in [6, 6.07) is 1.86. The number of hydrogen-bond donors (Lipinski definition) is 0. The topological polar surface area (TPSA) is 68.5 Å². The zero-order chi connectivity index (χ0) is 14.1. The number of nitrogens with zero attached hydrogens (tertiary/aromatic N) is 3. The number of aromatic nitrogens is 1. The molecule has 0 bridgehead atoms. The van der Waals surface area contributed by atoms with Gasteiger partial charge in [-0.3, -0.25) is 10.1 Å². The molecule has 1 aromatic heterocycles. The summed E-state index contributed by atoms with van der Waals surface area (Å²) in [7, 11) is 0. The molecular formula is C13H16BrN3O3. The summed E-state index contributed by atoms with van der Waals surface area (Å²) in [5.41, 5.74) is 0.00841. The molecule has 0 amide bonds. The third-order valence-corrected chi connectivity index (χ3v) is 4.61. The maximum atomic E-state index is 10.8. The molecule has 2 atom stereocenters. The Bertz CT molecular complexity index is 524. The van der Waals surface area contributed by atoms with Gasteiger partial charge in [0.15, 0.2) is 0 Å². The standard InChI is InChI=1S/C13H16BrN3O3/c14-10-7-9(17(18)19)8-15-13(10)16-5-6-20-12-4-2-1-3-11(12)16/h7-8,11-12H,1-6H2/t11-,12-/m0/s1. The fourth-order valence-electron chi connectivity index (χ4n) is 3.09. The molecule has 7 heteroatoms. The highest BCUT2D eigenvalue weighted by molar-refractivity contribution is 9.10. The van der Waals surface area contributed by atoms with Crippen LogP contribution in [0.4, 0.5) is 11.5 Å². The van der Waals surface area contributed by atoms with Crippen molar-refractivity contribution in [1.82, 2.24) is 4.98 Å². The molecule has 2 aliphatic rings. The van der Waals surface area contributed by atoms with Crippen molar-refractivity contribution in [1.29, 1.82) is 0 Å². The summed E-state index contributed by atoms with van der Waals surface area (Å²) < 4.78 is 6.52. The van der Waals surface area contributed by atoms with E-state index < -0.39 is 4.92 Å². The highest BCUT2D eigenvalue weighted by atomic mass is 79.9. The quantitative estimate of drug-likeness (QED) is 0.611. The van der Waals surface area contributed by atoms with Crippen LogP contribution >= 0.6 is 15.9 Å². The van der Waals surface area contributed by atoms with Crippen LogP contribution in [0.15, 0.2) is 16.7 Å². The first-order valence-corrected chi connectivity index (χ1v) is 7.64. The number of rotatable bonds is 2. The van der Waals surface area contributed by atoms with Gasteiger partial charge in [0.1, 0.15) is 12.0 Å². The molecule has 108 valence electrons. The molecule has 1 aliphatic heterocycles. The van der Waals surface area contributed by atoms with E-state index in [1.165, 1.54) is 25.1 Å². The smallest absolute Gasteiger partial charge is 0.288 e. The first-order valence-electron chi connectivity index (χ1n) is 6.85. The van der Waals surface area contributed by atoms with Gasteiger partial charge in [-0.2, -0.15) is 0 Å². The lowest BCUT2D eigenvalue weighted by molar-refractivity contribution is -0.385. The number of ether oxygens (including phenoxy) is 1. The number of hydrogen-bond acceptors (Lipinski definition) is 5. The molecule has 1 saturated heterocycles. The van der Waals surface area contributed by atoms with Crippen LogP contribution in [0.2, 0.25) is 0 Å². The zero-order valence-corrected chi connectivity index (χ0v) is 12.6. The Kier molecular flexibility index (Phi) is 3.89. The first kappa shape index (κ1) is 13.8. The molecule has 2 heterocycles. The Balaban J connectivity index is 1.89. The van der Waals surface area contributed by atoms with Gasteiger partial charge in [-0.05, 0) is 28.8 Å². The van der Waals surface area contributed by atoms with Crippen molar-refractivity contribution in [2.24, 2.45) is 0 Å². The third kappa shape index (κ3) is 2.52. The highest BCUT2D eigenvalue weighted by Gasteiger charge is 2.35. The van der Waals surface area contributed by atoms with E-state index in [9.17, 15) is 10.1 Å². The van der Waals surface area contributed by atoms with Crippen LogP contribution in [0.3, 0.4) is 0 Å². The lowest BCUT2D eigenvalue weighted by atomic mass is 9.90. The Morgan fingerprint density at radius 3 is 3.00 bits per heavy atom. The molecule has 0 aromatic carbocycles. The van der Waals surface area contributed by atoms with Crippen LogP contribution in [0.1, 0.15) is 25.7 Å². The van der Waals surface area contributed by atoms with E-state index in [-0.39, 0.29) is 11.8 Å². The van der Waals surface area contributed by atoms with Crippen molar-refractivity contribution >= 4 is 27.4 Å². The summed E-state index contributed by atoms with van der Waals surface area (Å²) in [6.45, 7) is 1.47. The van der Waals surface area contributed by atoms with Crippen LogP contribution in [0.25, 0.3) is 0 Å². The summed E-state index contributed by atoms with van der Waals surface area (Å²) in [5, 5.41) is 10.8. The van der Waals surface area contributed by atoms with Gasteiger partial charge in [-0.25, -0.2) is 4.98 Å². The molecule has 0 spiro atoms. The third-order valence-electron chi connectivity index (χ3n) is 4.02.